The van der Waals surface area contributed by atoms with Gasteiger partial charge in [-0.15, -0.1) is 0 Å². The second-order valence-electron chi connectivity index (χ2n) is 3.79. The summed E-state index contributed by atoms with van der Waals surface area (Å²) >= 11 is 3.22. The number of anilines is 1. The first-order valence-corrected chi connectivity index (χ1v) is 7.48. The summed E-state index contributed by atoms with van der Waals surface area (Å²) in [6.07, 6.45) is 1.13. The molecule has 2 aromatic rings. The fourth-order valence-electron chi connectivity index (χ4n) is 1.46. The molecule has 1 heterocycles. The molecule has 1 aromatic heterocycles. The van der Waals surface area contributed by atoms with Crippen molar-refractivity contribution >= 4 is 31.6 Å². The van der Waals surface area contributed by atoms with Crippen LogP contribution in [-0.2, 0) is 16.6 Å². The molecule has 19 heavy (non-hydrogen) atoms. The first-order valence-electron chi connectivity index (χ1n) is 5.20. The van der Waals surface area contributed by atoms with E-state index in [2.05, 4.69) is 35.3 Å². The van der Waals surface area contributed by atoms with E-state index in [9.17, 15) is 8.42 Å². The van der Waals surface area contributed by atoms with E-state index in [1.807, 2.05) is 0 Å². The van der Waals surface area contributed by atoms with E-state index in [1.165, 1.54) is 6.07 Å². The molecule has 0 amide bonds. The third-order valence-electron chi connectivity index (χ3n) is 2.48. The van der Waals surface area contributed by atoms with E-state index >= 15 is 0 Å². The topological polar surface area (TPSA) is 111 Å². The van der Waals surface area contributed by atoms with E-state index in [4.69, 9.17) is 5.73 Å². The molecule has 7 nitrogen and oxygen atoms in total. The molecule has 1 aromatic carbocycles. The van der Waals surface area contributed by atoms with Crippen LogP contribution in [0.5, 0.6) is 0 Å². The predicted octanol–water partition coefficient (Wildman–Crippen LogP) is 1.20. The zero-order valence-corrected chi connectivity index (χ0v) is 12.3. The lowest BCUT2D eigenvalue weighted by Gasteiger charge is -2.10. The van der Waals surface area contributed by atoms with Gasteiger partial charge in [-0.25, -0.2) is 13.1 Å². The SMILES string of the molecule is Cc1c(N)cc(Br)cc1S(=O)(=O)NCc1ncon1. The molecule has 0 spiro atoms. The Morgan fingerprint density at radius 2 is 2.21 bits per heavy atom. The second kappa shape index (κ2) is 5.27. The largest absolute Gasteiger partial charge is 0.398 e. The molecule has 0 aliphatic rings. The molecule has 0 atom stereocenters. The average molecular weight is 347 g/mol. The standard InChI is InChI=1S/C10H11BrN4O3S/c1-6-8(12)2-7(11)3-9(6)19(16,17)14-4-10-13-5-18-15-10/h2-3,5,14H,4,12H2,1H3. The number of nitrogens with two attached hydrogens (primary N) is 1. The Labute approximate surface area is 118 Å². The number of halogens is 1. The van der Waals surface area contributed by atoms with Gasteiger partial charge >= 0.3 is 0 Å². The van der Waals surface area contributed by atoms with Crippen molar-refractivity contribution in [3.8, 4) is 0 Å². The highest BCUT2D eigenvalue weighted by Gasteiger charge is 2.19. The van der Waals surface area contributed by atoms with Gasteiger partial charge < -0.3 is 10.3 Å². The van der Waals surface area contributed by atoms with Gasteiger partial charge in [-0.05, 0) is 24.6 Å². The Bertz CT molecular complexity index is 685. The molecule has 0 saturated heterocycles. The molecule has 0 saturated carbocycles. The number of hydrogen-bond donors (Lipinski definition) is 2. The van der Waals surface area contributed by atoms with E-state index in [-0.39, 0.29) is 17.3 Å². The van der Waals surface area contributed by atoms with E-state index in [0.717, 1.165) is 6.39 Å². The van der Waals surface area contributed by atoms with Gasteiger partial charge in [0.25, 0.3) is 0 Å². The van der Waals surface area contributed by atoms with Crippen LogP contribution in [0, 0.1) is 6.92 Å². The fourth-order valence-corrected chi connectivity index (χ4v) is 3.37. The minimum atomic E-state index is -3.69. The van der Waals surface area contributed by atoms with Gasteiger partial charge in [0.2, 0.25) is 16.4 Å². The summed E-state index contributed by atoms with van der Waals surface area (Å²) in [6, 6.07) is 3.14. The van der Waals surface area contributed by atoms with Crippen molar-refractivity contribution in [2.24, 2.45) is 0 Å². The summed E-state index contributed by atoms with van der Waals surface area (Å²) in [6.45, 7) is 1.59. The number of hydrogen-bond acceptors (Lipinski definition) is 6. The van der Waals surface area contributed by atoms with E-state index in [0.29, 0.717) is 15.7 Å². The van der Waals surface area contributed by atoms with Gasteiger partial charge in [-0.1, -0.05) is 21.1 Å². The summed E-state index contributed by atoms with van der Waals surface area (Å²) in [5.74, 6) is 0.254. The van der Waals surface area contributed by atoms with Crippen molar-refractivity contribution in [3.63, 3.8) is 0 Å². The summed E-state index contributed by atoms with van der Waals surface area (Å²) < 4.78 is 31.9. The number of aromatic nitrogens is 2. The number of nitrogens with zero attached hydrogens (tertiary/aromatic N) is 2. The lowest BCUT2D eigenvalue weighted by atomic mass is 10.2. The van der Waals surface area contributed by atoms with Gasteiger partial charge in [-0.3, -0.25) is 0 Å². The number of benzene rings is 1. The zero-order valence-electron chi connectivity index (χ0n) is 9.92. The van der Waals surface area contributed by atoms with Crippen LogP contribution >= 0.6 is 15.9 Å². The Balaban J connectivity index is 2.29. The van der Waals surface area contributed by atoms with Crippen LogP contribution in [0.3, 0.4) is 0 Å². The minimum Gasteiger partial charge on any atom is -0.398 e. The Hall–Kier alpha value is -1.45. The normalized spacial score (nSPS) is 11.7. The van der Waals surface area contributed by atoms with Crippen LogP contribution in [0.4, 0.5) is 5.69 Å². The third-order valence-corrected chi connectivity index (χ3v) is 4.47. The monoisotopic (exact) mass is 346 g/mol. The Kier molecular flexibility index (Phi) is 3.88. The third kappa shape index (κ3) is 3.11. The molecule has 0 aliphatic heterocycles. The molecular weight excluding hydrogens is 336 g/mol. The highest BCUT2D eigenvalue weighted by atomic mass is 79.9. The summed E-state index contributed by atoms with van der Waals surface area (Å²) in [4.78, 5) is 3.85. The number of rotatable bonds is 4. The minimum absolute atomic E-state index is 0.0509. The molecule has 2 rings (SSSR count). The van der Waals surface area contributed by atoms with Crippen LogP contribution in [0.1, 0.15) is 11.4 Å². The van der Waals surface area contributed by atoms with Crippen molar-refractivity contribution in [2.75, 3.05) is 5.73 Å². The van der Waals surface area contributed by atoms with Gasteiger partial charge in [0, 0.05) is 10.2 Å². The molecule has 9 heteroatoms. The molecule has 3 N–H and O–H groups in total. The van der Waals surface area contributed by atoms with Gasteiger partial charge in [0.1, 0.15) is 0 Å². The highest BCUT2D eigenvalue weighted by molar-refractivity contribution is 9.10. The van der Waals surface area contributed by atoms with Crippen LogP contribution in [-0.4, -0.2) is 18.6 Å². The van der Waals surface area contributed by atoms with E-state index < -0.39 is 10.0 Å². The fraction of sp³-hybridized carbons (Fsp3) is 0.200. The smallest absolute Gasteiger partial charge is 0.241 e. The molecular formula is C10H11BrN4O3S. The van der Waals surface area contributed by atoms with Gasteiger partial charge in [0.05, 0.1) is 11.4 Å². The Morgan fingerprint density at radius 3 is 2.84 bits per heavy atom. The maximum absolute atomic E-state index is 12.2. The molecule has 0 bridgehead atoms. The van der Waals surface area contributed by atoms with Crippen LogP contribution < -0.4 is 10.5 Å². The number of nitrogen functional groups attached to an aromatic ring is 1. The first kappa shape index (κ1) is 14.0. The van der Waals surface area contributed by atoms with Crippen molar-refractivity contribution in [2.45, 2.75) is 18.4 Å². The summed E-state index contributed by atoms with van der Waals surface area (Å²) in [5.41, 5.74) is 6.63. The van der Waals surface area contributed by atoms with Crippen molar-refractivity contribution in [3.05, 3.63) is 34.4 Å². The van der Waals surface area contributed by atoms with Gasteiger partial charge in [-0.2, -0.15) is 4.98 Å². The first-order chi connectivity index (χ1) is 8.90. The molecule has 102 valence electrons. The van der Waals surface area contributed by atoms with Crippen LogP contribution in [0.25, 0.3) is 0 Å². The van der Waals surface area contributed by atoms with Crippen molar-refractivity contribution in [1.82, 2.24) is 14.9 Å². The molecule has 0 radical (unpaired) electrons. The summed E-state index contributed by atoms with van der Waals surface area (Å²) in [5, 5.41) is 3.52. The van der Waals surface area contributed by atoms with Crippen molar-refractivity contribution < 1.29 is 12.9 Å². The van der Waals surface area contributed by atoms with E-state index in [1.54, 1.807) is 13.0 Å². The Morgan fingerprint density at radius 1 is 1.47 bits per heavy atom. The van der Waals surface area contributed by atoms with Crippen LogP contribution in [0.2, 0.25) is 0 Å². The zero-order chi connectivity index (χ0) is 14.0. The van der Waals surface area contributed by atoms with Gasteiger partial charge in [0.15, 0.2) is 5.82 Å². The number of nitrogens with one attached hydrogen (secondary N) is 1. The summed E-state index contributed by atoms with van der Waals surface area (Å²) in [7, 11) is -3.69. The van der Waals surface area contributed by atoms with Crippen molar-refractivity contribution in [1.29, 1.82) is 0 Å². The average Bonchev–Trinajstić information content (AvgIpc) is 2.84. The lowest BCUT2D eigenvalue weighted by molar-refractivity contribution is 0.409. The maximum atomic E-state index is 12.2. The quantitative estimate of drug-likeness (QED) is 0.804. The highest BCUT2D eigenvalue weighted by Crippen LogP contribution is 2.26. The van der Waals surface area contributed by atoms with Crippen LogP contribution in [0.15, 0.2) is 32.4 Å². The predicted molar refractivity (Wildman–Crippen MR) is 71.6 cm³/mol. The maximum Gasteiger partial charge on any atom is 0.241 e. The molecule has 0 unspecified atom stereocenters. The number of sulfonamides is 1. The second-order valence-corrected chi connectivity index (χ2v) is 6.44. The molecule has 0 fully saturated rings. The molecule has 0 aliphatic carbocycles. The lowest BCUT2D eigenvalue weighted by Crippen LogP contribution is -2.24.